The van der Waals surface area contributed by atoms with Gasteiger partial charge in [-0.1, -0.05) is 13.8 Å². The van der Waals surface area contributed by atoms with E-state index in [4.69, 9.17) is 5.73 Å². The molecule has 0 bridgehead atoms. The number of carbonyl (C=O) groups is 2. The van der Waals surface area contributed by atoms with Crippen molar-refractivity contribution in [3.63, 3.8) is 0 Å². The van der Waals surface area contributed by atoms with Crippen LogP contribution in [0.2, 0.25) is 0 Å². The summed E-state index contributed by atoms with van der Waals surface area (Å²) in [5.41, 5.74) is 4.11. The second-order valence-electron chi connectivity index (χ2n) is 4.34. The van der Waals surface area contributed by atoms with Crippen molar-refractivity contribution in [3.8, 4) is 0 Å². The molecule has 2 amide bonds. The molecule has 0 heterocycles. The van der Waals surface area contributed by atoms with Crippen LogP contribution in [0.15, 0.2) is 12.1 Å². The number of rotatable bonds is 4. The summed E-state index contributed by atoms with van der Waals surface area (Å²) < 4.78 is 39.4. The van der Waals surface area contributed by atoms with Crippen molar-refractivity contribution in [2.45, 2.75) is 19.9 Å². The molecule has 0 spiro atoms. The molecule has 19 heavy (non-hydrogen) atoms. The van der Waals surface area contributed by atoms with Gasteiger partial charge in [0.05, 0.1) is 0 Å². The van der Waals surface area contributed by atoms with Gasteiger partial charge in [0.25, 0.3) is 5.91 Å². The molecule has 0 saturated heterocycles. The molecule has 0 unspecified atom stereocenters. The van der Waals surface area contributed by atoms with Crippen molar-refractivity contribution < 1.29 is 22.8 Å². The summed E-state index contributed by atoms with van der Waals surface area (Å²) in [6.07, 6.45) is 0. The number of benzene rings is 1. The quantitative estimate of drug-likeness (QED) is 0.869. The molecule has 1 aromatic carbocycles. The van der Waals surface area contributed by atoms with Crippen molar-refractivity contribution >= 4 is 11.8 Å². The third kappa shape index (κ3) is 3.46. The number of nitrogens with two attached hydrogens (primary N) is 1. The van der Waals surface area contributed by atoms with E-state index in [9.17, 15) is 22.8 Å². The Bertz CT molecular complexity index is 495. The second kappa shape index (κ2) is 5.73. The van der Waals surface area contributed by atoms with Crippen LogP contribution < -0.4 is 11.1 Å². The summed E-state index contributed by atoms with van der Waals surface area (Å²) in [5, 5.41) is 2.12. The van der Waals surface area contributed by atoms with Gasteiger partial charge >= 0.3 is 0 Å². The first kappa shape index (κ1) is 15.0. The molecule has 104 valence electrons. The maximum absolute atomic E-state index is 13.4. The van der Waals surface area contributed by atoms with Crippen LogP contribution in [-0.4, -0.2) is 17.9 Å². The number of amides is 2. The number of hydrogen-bond acceptors (Lipinski definition) is 2. The Morgan fingerprint density at radius 1 is 1.16 bits per heavy atom. The molecule has 1 rings (SSSR count). The van der Waals surface area contributed by atoms with Crippen molar-refractivity contribution in [2.24, 2.45) is 11.7 Å². The van der Waals surface area contributed by atoms with Gasteiger partial charge in [-0.15, -0.1) is 0 Å². The second-order valence-corrected chi connectivity index (χ2v) is 4.34. The molecule has 7 heteroatoms. The molecule has 3 N–H and O–H groups in total. The normalized spacial score (nSPS) is 12.3. The number of carbonyl (C=O) groups excluding carboxylic acids is 2. The number of hydrogen-bond donors (Lipinski definition) is 2. The average Bonchev–Trinajstić information content (AvgIpc) is 2.23. The largest absolute Gasteiger partial charge is 0.368 e. The Hall–Kier alpha value is -2.05. The first-order valence-electron chi connectivity index (χ1n) is 5.48. The minimum Gasteiger partial charge on any atom is -0.368 e. The summed E-state index contributed by atoms with van der Waals surface area (Å²) in [6.45, 7) is 3.21. The van der Waals surface area contributed by atoms with Crippen LogP contribution in [0.1, 0.15) is 24.2 Å². The molecular formula is C12H13F3N2O2. The maximum Gasteiger partial charge on any atom is 0.257 e. The van der Waals surface area contributed by atoms with E-state index in [1.807, 2.05) is 0 Å². The molecule has 0 aliphatic heterocycles. The average molecular weight is 274 g/mol. The summed E-state index contributed by atoms with van der Waals surface area (Å²) in [4.78, 5) is 22.8. The Balaban J connectivity index is 3.05. The highest BCUT2D eigenvalue weighted by molar-refractivity contribution is 5.97. The predicted octanol–water partition coefficient (Wildman–Crippen LogP) is 1.34. The van der Waals surface area contributed by atoms with Crippen LogP contribution in [0.4, 0.5) is 13.2 Å². The van der Waals surface area contributed by atoms with Crippen molar-refractivity contribution in [3.05, 3.63) is 35.1 Å². The Labute approximate surface area is 107 Å². The van der Waals surface area contributed by atoms with Crippen LogP contribution in [0.3, 0.4) is 0 Å². The zero-order valence-corrected chi connectivity index (χ0v) is 10.3. The van der Waals surface area contributed by atoms with Gasteiger partial charge in [-0.3, -0.25) is 9.59 Å². The lowest BCUT2D eigenvalue weighted by Gasteiger charge is -2.19. The highest BCUT2D eigenvalue weighted by Gasteiger charge is 2.26. The van der Waals surface area contributed by atoms with Crippen molar-refractivity contribution in [1.29, 1.82) is 0 Å². The summed E-state index contributed by atoms with van der Waals surface area (Å²) in [5.74, 6) is -6.17. The minimum atomic E-state index is -1.35. The maximum atomic E-state index is 13.4. The fraction of sp³-hybridized carbons (Fsp3) is 0.333. The predicted molar refractivity (Wildman–Crippen MR) is 61.6 cm³/mol. The van der Waals surface area contributed by atoms with Gasteiger partial charge in [-0.05, 0) is 5.92 Å². The zero-order chi connectivity index (χ0) is 14.7. The molecule has 1 aromatic rings. The third-order valence-electron chi connectivity index (χ3n) is 2.49. The van der Waals surface area contributed by atoms with Crippen LogP contribution >= 0.6 is 0 Å². The van der Waals surface area contributed by atoms with Crippen LogP contribution in [0, 0.1) is 23.4 Å². The van der Waals surface area contributed by atoms with E-state index >= 15 is 0 Å². The van der Waals surface area contributed by atoms with Gasteiger partial charge in [0, 0.05) is 12.1 Å². The first-order valence-corrected chi connectivity index (χ1v) is 5.48. The minimum absolute atomic E-state index is 0.354. The highest BCUT2D eigenvalue weighted by atomic mass is 19.1. The van der Waals surface area contributed by atoms with Gasteiger partial charge in [-0.2, -0.15) is 0 Å². The molecule has 0 aromatic heterocycles. The lowest BCUT2D eigenvalue weighted by molar-refractivity contribution is -0.120. The molecule has 1 atom stereocenters. The number of nitrogens with one attached hydrogen (secondary N) is 1. The molecule has 4 nitrogen and oxygen atoms in total. The van der Waals surface area contributed by atoms with E-state index in [1.54, 1.807) is 13.8 Å². The van der Waals surface area contributed by atoms with Gasteiger partial charge < -0.3 is 11.1 Å². The smallest absolute Gasteiger partial charge is 0.257 e. The van der Waals surface area contributed by atoms with Crippen LogP contribution in [0.5, 0.6) is 0 Å². The fourth-order valence-electron chi connectivity index (χ4n) is 1.54. The summed E-state index contributed by atoms with van der Waals surface area (Å²) in [7, 11) is 0. The number of halogens is 3. The summed E-state index contributed by atoms with van der Waals surface area (Å²) in [6, 6.07) is -0.310. The summed E-state index contributed by atoms with van der Waals surface area (Å²) >= 11 is 0. The van der Waals surface area contributed by atoms with E-state index in [1.165, 1.54) is 0 Å². The lowest BCUT2D eigenvalue weighted by Crippen LogP contribution is -2.48. The van der Waals surface area contributed by atoms with Gasteiger partial charge in [-0.25, -0.2) is 13.2 Å². The van der Waals surface area contributed by atoms with E-state index in [0.717, 1.165) is 0 Å². The Kier molecular flexibility index (Phi) is 4.52. The fourth-order valence-corrected chi connectivity index (χ4v) is 1.54. The highest BCUT2D eigenvalue weighted by Crippen LogP contribution is 2.15. The van der Waals surface area contributed by atoms with E-state index in [-0.39, 0.29) is 5.92 Å². The molecule has 0 aliphatic carbocycles. The molecule has 0 saturated carbocycles. The van der Waals surface area contributed by atoms with Crippen molar-refractivity contribution in [1.82, 2.24) is 5.32 Å². The van der Waals surface area contributed by atoms with Gasteiger partial charge in [0.2, 0.25) is 5.91 Å². The van der Waals surface area contributed by atoms with Crippen LogP contribution in [-0.2, 0) is 4.79 Å². The molecule has 0 aliphatic rings. The molecule has 0 radical (unpaired) electrons. The van der Waals surface area contributed by atoms with Gasteiger partial charge in [0.1, 0.15) is 29.1 Å². The van der Waals surface area contributed by atoms with Crippen molar-refractivity contribution in [2.75, 3.05) is 0 Å². The Morgan fingerprint density at radius 2 is 1.63 bits per heavy atom. The molecule has 0 fully saturated rings. The standard InChI is InChI=1S/C12H13F3N2O2/c1-5(2)10(11(16)18)17-12(19)9-7(14)3-6(13)4-8(9)15/h3-5,10H,1-2H3,(H2,16,18)(H,17,19)/t10-/m1/s1. The lowest BCUT2D eigenvalue weighted by atomic mass is 10.0. The Morgan fingerprint density at radius 3 is 2.00 bits per heavy atom. The van der Waals surface area contributed by atoms with E-state index < -0.39 is 40.9 Å². The van der Waals surface area contributed by atoms with Gasteiger partial charge in [0.15, 0.2) is 0 Å². The topological polar surface area (TPSA) is 72.2 Å². The van der Waals surface area contributed by atoms with Crippen LogP contribution in [0.25, 0.3) is 0 Å². The molecular weight excluding hydrogens is 261 g/mol. The third-order valence-corrected chi connectivity index (χ3v) is 2.49. The SMILES string of the molecule is CC(C)[C@@H](NC(=O)c1c(F)cc(F)cc1F)C(N)=O. The van der Waals surface area contributed by atoms with E-state index in [2.05, 4.69) is 5.32 Å². The monoisotopic (exact) mass is 274 g/mol. The number of primary amides is 1. The first-order chi connectivity index (χ1) is 8.73. The zero-order valence-electron chi connectivity index (χ0n) is 10.3. The van der Waals surface area contributed by atoms with E-state index in [0.29, 0.717) is 12.1 Å².